The van der Waals surface area contributed by atoms with Gasteiger partial charge in [0.25, 0.3) is 0 Å². The van der Waals surface area contributed by atoms with Crippen molar-refractivity contribution in [1.82, 2.24) is 15.5 Å². The van der Waals surface area contributed by atoms with Crippen LogP contribution in [0.1, 0.15) is 46.5 Å². The smallest absolute Gasteiger partial charge is 0.225 e. The second kappa shape index (κ2) is 7.25. The van der Waals surface area contributed by atoms with Crippen LogP contribution in [0.25, 0.3) is 0 Å². The van der Waals surface area contributed by atoms with Crippen molar-refractivity contribution in [3.8, 4) is 0 Å². The van der Waals surface area contributed by atoms with Crippen LogP contribution in [-0.4, -0.2) is 48.4 Å². The SMILES string of the molecule is CCCC(C)N1CC(C(=O)NC2CNCCC2C)CC1=O. The van der Waals surface area contributed by atoms with Crippen molar-refractivity contribution in [2.45, 2.75) is 58.5 Å². The molecule has 120 valence electrons. The number of rotatable bonds is 5. The Morgan fingerprint density at radius 3 is 2.95 bits per heavy atom. The van der Waals surface area contributed by atoms with E-state index < -0.39 is 0 Å². The first kappa shape index (κ1) is 16.3. The molecule has 2 fully saturated rings. The molecular weight excluding hydrogens is 266 g/mol. The van der Waals surface area contributed by atoms with Crippen molar-refractivity contribution in [2.75, 3.05) is 19.6 Å². The van der Waals surface area contributed by atoms with Gasteiger partial charge in [-0.25, -0.2) is 0 Å². The van der Waals surface area contributed by atoms with Crippen LogP contribution in [0.4, 0.5) is 0 Å². The summed E-state index contributed by atoms with van der Waals surface area (Å²) < 4.78 is 0. The average molecular weight is 295 g/mol. The minimum absolute atomic E-state index is 0.0510. The van der Waals surface area contributed by atoms with Crippen LogP contribution in [0.2, 0.25) is 0 Å². The minimum atomic E-state index is -0.175. The zero-order chi connectivity index (χ0) is 15.4. The summed E-state index contributed by atoms with van der Waals surface area (Å²) in [6, 6.07) is 0.444. The first-order valence-electron chi connectivity index (χ1n) is 8.33. The Morgan fingerprint density at radius 2 is 2.29 bits per heavy atom. The highest BCUT2D eigenvalue weighted by Gasteiger charge is 2.37. The zero-order valence-electron chi connectivity index (χ0n) is 13.5. The summed E-state index contributed by atoms with van der Waals surface area (Å²) in [6.07, 6.45) is 3.53. The maximum Gasteiger partial charge on any atom is 0.225 e. The Morgan fingerprint density at radius 1 is 1.52 bits per heavy atom. The molecule has 5 heteroatoms. The van der Waals surface area contributed by atoms with Crippen LogP contribution in [0.15, 0.2) is 0 Å². The molecule has 4 unspecified atom stereocenters. The highest BCUT2D eigenvalue weighted by molar-refractivity contribution is 5.89. The zero-order valence-corrected chi connectivity index (χ0v) is 13.5. The van der Waals surface area contributed by atoms with E-state index in [1.165, 1.54) is 0 Å². The Bertz CT molecular complexity index is 386. The molecule has 4 atom stereocenters. The van der Waals surface area contributed by atoms with Crippen LogP contribution in [-0.2, 0) is 9.59 Å². The van der Waals surface area contributed by atoms with Crippen LogP contribution >= 0.6 is 0 Å². The number of carbonyl (C=O) groups is 2. The van der Waals surface area contributed by atoms with E-state index in [-0.39, 0.29) is 29.8 Å². The number of piperidine rings is 1. The predicted molar refractivity (Wildman–Crippen MR) is 82.8 cm³/mol. The maximum absolute atomic E-state index is 12.4. The van der Waals surface area contributed by atoms with E-state index in [0.717, 1.165) is 32.4 Å². The molecule has 0 aromatic heterocycles. The highest BCUT2D eigenvalue weighted by atomic mass is 16.2. The van der Waals surface area contributed by atoms with Crippen molar-refractivity contribution in [2.24, 2.45) is 11.8 Å². The number of hydrogen-bond acceptors (Lipinski definition) is 3. The summed E-state index contributed by atoms with van der Waals surface area (Å²) >= 11 is 0. The minimum Gasteiger partial charge on any atom is -0.352 e. The molecule has 0 aromatic carbocycles. The van der Waals surface area contributed by atoms with Gasteiger partial charge in [-0.05, 0) is 32.2 Å². The molecule has 0 bridgehead atoms. The van der Waals surface area contributed by atoms with Crippen molar-refractivity contribution in [1.29, 1.82) is 0 Å². The molecule has 2 N–H and O–H groups in total. The fraction of sp³-hybridized carbons (Fsp3) is 0.875. The second-order valence-electron chi connectivity index (χ2n) is 6.67. The molecule has 0 aromatic rings. The first-order chi connectivity index (χ1) is 10.0. The van der Waals surface area contributed by atoms with E-state index in [1.54, 1.807) is 0 Å². The van der Waals surface area contributed by atoms with Gasteiger partial charge in [0.15, 0.2) is 0 Å². The normalized spacial score (nSPS) is 31.3. The molecule has 2 amide bonds. The summed E-state index contributed by atoms with van der Waals surface area (Å²) in [5.74, 6) is 0.509. The lowest BCUT2D eigenvalue weighted by molar-refractivity contribution is -0.130. The summed E-state index contributed by atoms with van der Waals surface area (Å²) in [5.41, 5.74) is 0. The second-order valence-corrected chi connectivity index (χ2v) is 6.67. The molecule has 0 radical (unpaired) electrons. The quantitative estimate of drug-likeness (QED) is 0.799. The summed E-state index contributed by atoms with van der Waals surface area (Å²) in [7, 11) is 0. The molecule has 2 aliphatic rings. The van der Waals surface area contributed by atoms with Crippen LogP contribution in [0.5, 0.6) is 0 Å². The molecule has 0 saturated carbocycles. The number of nitrogens with zero attached hydrogens (tertiary/aromatic N) is 1. The number of amides is 2. The lowest BCUT2D eigenvalue weighted by Crippen LogP contribution is -2.51. The largest absolute Gasteiger partial charge is 0.352 e. The molecule has 2 aliphatic heterocycles. The van der Waals surface area contributed by atoms with Crippen LogP contribution in [0.3, 0.4) is 0 Å². The Balaban J connectivity index is 1.87. The fourth-order valence-corrected chi connectivity index (χ4v) is 3.39. The summed E-state index contributed by atoms with van der Waals surface area (Å²) in [5, 5.41) is 6.46. The molecule has 2 saturated heterocycles. The topological polar surface area (TPSA) is 61.4 Å². The van der Waals surface area contributed by atoms with Crippen molar-refractivity contribution in [3.05, 3.63) is 0 Å². The van der Waals surface area contributed by atoms with Crippen molar-refractivity contribution in [3.63, 3.8) is 0 Å². The van der Waals surface area contributed by atoms with Gasteiger partial charge in [-0.3, -0.25) is 9.59 Å². The van der Waals surface area contributed by atoms with Gasteiger partial charge in [0.05, 0.1) is 5.92 Å². The van der Waals surface area contributed by atoms with Crippen LogP contribution < -0.4 is 10.6 Å². The molecule has 5 nitrogen and oxygen atoms in total. The lowest BCUT2D eigenvalue weighted by atomic mass is 9.94. The first-order valence-corrected chi connectivity index (χ1v) is 8.33. The third-order valence-electron chi connectivity index (χ3n) is 4.92. The fourth-order valence-electron chi connectivity index (χ4n) is 3.39. The van der Waals surface area contributed by atoms with E-state index in [0.29, 0.717) is 18.9 Å². The van der Waals surface area contributed by atoms with Gasteiger partial charge in [-0.15, -0.1) is 0 Å². The van der Waals surface area contributed by atoms with Crippen LogP contribution in [0, 0.1) is 11.8 Å². The van der Waals surface area contributed by atoms with E-state index in [9.17, 15) is 9.59 Å². The van der Waals surface area contributed by atoms with Gasteiger partial charge in [-0.2, -0.15) is 0 Å². The van der Waals surface area contributed by atoms with Crippen molar-refractivity contribution < 1.29 is 9.59 Å². The predicted octanol–water partition coefficient (Wildman–Crippen LogP) is 1.14. The van der Waals surface area contributed by atoms with Gasteiger partial charge in [-0.1, -0.05) is 20.3 Å². The van der Waals surface area contributed by atoms with Gasteiger partial charge >= 0.3 is 0 Å². The number of likely N-dealkylation sites (tertiary alicyclic amines) is 1. The van der Waals surface area contributed by atoms with Gasteiger partial charge in [0.2, 0.25) is 11.8 Å². The Kier molecular flexibility index (Phi) is 5.62. The number of hydrogen-bond donors (Lipinski definition) is 2. The Labute approximate surface area is 127 Å². The molecule has 2 heterocycles. The molecular formula is C16H29N3O2. The molecule has 21 heavy (non-hydrogen) atoms. The molecule has 2 rings (SSSR count). The maximum atomic E-state index is 12.4. The molecule has 0 aliphatic carbocycles. The standard InChI is InChI=1S/C16H29N3O2/c1-4-5-12(3)19-10-13(8-15(19)20)16(21)18-14-9-17-7-6-11(14)2/h11-14,17H,4-10H2,1-3H3,(H,18,21). The number of carbonyl (C=O) groups excluding carboxylic acids is 2. The third-order valence-corrected chi connectivity index (χ3v) is 4.92. The van der Waals surface area contributed by atoms with Gasteiger partial charge in [0, 0.05) is 31.6 Å². The average Bonchev–Trinajstić information content (AvgIpc) is 2.84. The van der Waals surface area contributed by atoms with E-state index >= 15 is 0 Å². The highest BCUT2D eigenvalue weighted by Crippen LogP contribution is 2.23. The summed E-state index contributed by atoms with van der Waals surface area (Å²) in [4.78, 5) is 26.4. The van der Waals surface area contributed by atoms with Gasteiger partial charge in [0.1, 0.15) is 0 Å². The van der Waals surface area contributed by atoms with E-state index in [2.05, 4.69) is 31.4 Å². The summed E-state index contributed by atoms with van der Waals surface area (Å²) in [6.45, 7) is 8.83. The Hall–Kier alpha value is -1.10. The molecule has 0 spiro atoms. The number of nitrogens with one attached hydrogen (secondary N) is 2. The third kappa shape index (κ3) is 3.96. The van der Waals surface area contributed by atoms with Gasteiger partial charge < -0.3 is 15.5 Å². The monoisotopic (exact) mass is 295 g/mol. The van der Waals surface area contributed by atoms with E-state index in [4.69, 9.17) is 0 Å². The lowest BCUT2D eigenvalue weighted by Gasteiger charge is -2.31. The van der Waals surface area contributed by atoms with E-state index in [1.807, 2.05) is 4.90 Å². The van der Waals surface area contributed by atoms with Crippen molar-refractivity contribution >= 4 is 11.8 Å².